The quantitative estimate of drug-likeness (QED) is 0.452. The predicted molar refractivity (Wildman–Crippen MR) is 64.7 cm³/mol. The van der Waals surface area contributed by atoms with Gasteiger partial charge in [-0.1, -0.05) is 30.3 Å². The van der Waals surface area contributed by atoms with Gasteiger partial charge in [-0.3, -0.25) is 0 Å². The van der Waals surface area contributed by atoms with Gasteiger partial charge in [0.1, 0.15) is 0 Å². The van der Waals surface area contributed by atoms with Crippen LogP contribution in [0.25, 0.3) is 6.08 Å². The molecule has 0 aliphatic carbocycles. The van der Waals surface area contributed by atoms with Crippen LogP contribution in [-0.4, -0.2) is 19.1 Å². The van der Waals surface area contributed by atoms with Gasteiger partial charge in [0.15, 0.2) is 0 Å². The lowest BCUT2D eigenvalue weighted by Gasteiger charge is -2.00. The van der Waals surface area contributed by atoms with Gasteiger partial charge in [-0.2, -0.15) is 0 Å². The van der Waals surface area contributed by atoms with Gasteiger partial charge in [0.05, 0.1) is 6.61 Å². The number of carbonyl (C=O) groups is 1. The minimum Gasteiger partial charge on any atom is -0.463 e. The first-order valence-corrected chi connectivity index (χ1v) is 5.43. The number of nitrogens with two attached hydrogens (primary N) is 1. The largest absolute Gasteiger partial charge is 0.463 e. The average Bonchev–Trinajstić information content (AvgIpc) is 2.33. The molecule has 0 aromatic heterocycles. The summed E-state index contributed by atoms with van der Waals surface area (Å²) in [7, 11) is 0. The molecule has 2 N–H and O–H groups in total. The lowest BCUT2D eigenvalue weighted by atomic mass is 10.2. The number of carbonyl (C=O) groups excluding carboxylic acids is 1. The Hall–Kier alpha value is -1.61. The van der Waals surface area contributed by atoms with Crippen LogP contribution < -0.4 is 5.73 Å². The molecule has 0 amide bonds. The number of hydrogen-bond donors (Lipinski definition) is 1. The van der Waals surface area contributed by atoms with Crippen molar-refractivity contribution in [2.45, 2.75) is 12.8 Å². The summed E-state index contributed by atoms with van der Waals surface area (Å²) >= 11 is 0. The second-order valence-corrected chi connectivity index (χ2v) is 3.41. The SMILES string of the molecule is NCCCCOC(=O)/C=C/c1ccccc1. The Morgan fingerprint density at radius 2 is 2.00 bits per heavy atom. The van der Waals surface area contributed by atoms with Crippen LogP contribution >= 0.6 is 0 Å². The first-order chi connectivity index (χ1) is 7.83. The molecule has 0 saturated heterocycles. The molecule has 0 radical (unpaired) electrons. The minimum absolute atomic E-state index is 0.305. The number of benzene rings is 1. The van der Waals surface area contributed by atoms with Gasteiger partial charge in [0.2, 0.25) is 0 Å². The van der Waals surface area contributed by atoms with Gasteiger partial charge < -0.3 is 10.5 Å². The monoisotopic (exact) mass is 219 g/mol. The number of rotatable bonds is 6. The first kappa shape index (κ1) is 12.5. The van der Waals surface area contributed by atoms with Gasteiger partial charge in [-0.15, -0.1) is 0 Å². The smallest absolute Gasteiger partial charge is 0.330 e. The number of esters is 1. The van der Waals surface area contributed by atoms with Gasteiger partial charge in [-0.25, -0.2) is 4.79 Å². The number of hydrogen-bond acceptors (Lipinski definition) is 3. The van der Waals surface area contributed by atoms with E-state index in [2.05, 4.69) is 0 Å². The number of ether oxygens (including phenoxy) is 1. The molecule has 0 spiro atoms. The zero-order valence-corrected chi connectivity index (χ0v) is 9.26. The van der Waals surface area contributed by atoms with E-state index in [0.717, 1.165) is 18.4 Å². The van der Waals surface area contributed by atoms with Crippen molar-refractivity contribution in [2.24, 2.45) is 5.73 Å². The van der Waals surface area contributed by atoms with Crippen molar-refractivity contribution >= 4 is 12.0 Å². The molecule has 0 heterocycles. The van der Waals surface area contributed by atoms with Crippen molar-refractivity contribution in [2.75, 3.05) is 13.2 Å². The highest BCUT2D eigenvalue weighted by atomic mass is 16.5. The molecular formula is C13H17NO2. The van der Waals surface area contributed by atoms with Crippen molar-refractivity contribution in [1.82, 2.24) is 0 Å². The van der Waals surface area contributed by atoms with Crippen LogP contribution in [-0.2, 0) is 9.53 Å². The maximum absolute atomic E-state index is 11.2. The van der Waals surface area contributed by atoms with E-state index in [4.69, 9.17) is 10.5 Å². The molecule has 3 nitrogen and oxygen atoms in total. The third-order valence-electron chi connectivity index (χ3n) is 2.05. The summed E-state index contributed by atoms with van der Waals surface area (Å²) in [5.74, 6) is -0.305. The predicted octanol–water partition coefficient (Wildman–Crippen LogP) is 1.98. The van der Waals surface area contributed by atoms with Crippen LogP contribution in [0.3, 0.4) is 0 Å². The molecule has 0 saturated carbocycles. The molecule has 0 aliphatic heterocycles. The van der Waals surface area contributed by atoms with Crippen molar-refractivity contribution in [3.05, 3.63) is 42.0 Å². The van der Waals surface area contributed by atoms with E-state index in [9.17, 15) is 4.79 Å². The summed E-state index contributed by atoms with van der Waals surface area (Å²) in [5, 5.41) is 0. The fourth-order valence-corrected chi connectivity index (χ4v) is 1.20. The molecule has 0 unspecified atom stereocenters. The van der Waals surface area contributed by atoms with E-state index >= 15 is 0 Å². The zero-order chi connectivity index (χ0) is 11.6. The minimum atomic E-state index is -0.305. The molecule has 1 aromatic rings. The molecule has 0 fully saturated rings. The average molecular weight is 219 g/mol. The fraction of sp³-hybridized carbons (Fsp3) is 0.308. The van der Waals surface area contributed by atoms with Crippen LogP contribution in [0.4, 0.5) is 0 Å². The Kier molecular flexibility index (Phi) is 5.96. The fourth-order valence-electron chi connectivity index (χ4n) is 1.20. The third-order valence-corrected chi connectivity index (χ3v) is 2.05. The molecule has 1 aromatic carbocycles. The summed E-state index contributed by atoms with van der Waals surface area (Å²) in [6.45, 7) is 1.08. The second kappa shape index (κ2) is 7.65. The highest BCUT2D eigenvalue weighted by Crippen LogP contribution is 2.01. The Labute approximate surface area is 95.9 Å². The van der Waals surface area contributed by atoms with Crippen LogP contribution in [0.15, 0.2) is 36.4 Å². The Balaban J connectivity index is 2.26. The van der Waals surface area contributed by atoms with Gasteiger partial charge in [0, 0.05) is 6.08 Å². The van der Waals surface area contributed by atoms with Crippen LogP contribution in [0.2, 0.25) is 0 Å². The normalized spacial score (nSPS) is 10.6. The summed E-state index contributed by atoms with van der Waals surface area (Å²) in [6, 6.07) is 9.64. The van der Waals surface area contributed by atoms with E-state index in [1.165, 1.54) is 6.08 Å². The standard InChI is InChI=1S/C13H17NO2/c14-10-4-5-11-16-13(15)9-8-12-6-2-1-3-7-12/h1-3,6-9H,4-5,10-11,14H2/b9-8+. The maximum atomic E-state index is 11.2. The van der Waals surface area contributed by atoms with E-state index in [-0.39, 0.29) is 5.97 Å². The van der Waals surface area contributed by atoms with E-state index < -0.39 is 0 Å². The molecule has 16 heavy (non-hydrogen) atoms. The highest BCUT2D eigenvalue weighted by molar-refractivity contribution is 5.86. The van der Waals surface area contributed by atoms with E-state index in [1.54, 1.807) is 6.08 Å². The van der Waals surface area contributed by atoms with Crippen molar-refractivity contribution in [1.29, 1.82) is 0 Å². The number of unbranched alkanes of at least 4 members (excludes halogenated alkanes) is 1. The molecule has 0 aliphatic rings. The molecule has 3 heteroatoms. The van der Waals surface area contributed by atoms with Crippen molar-refractivity contribution in [3.8, 4) is 0 Å². The second-order valence-electron chi connectivity index (χ2n) is 3.41. The first-order valence-electron chi connectivity index (χ1n) is 5.43. The van der Waals surface area contributed by atoms with Crippen LogP contribution in [0.1, 0.15) is 18.4 Å². The lowest BCUT2D eigenvalue weighted by Crippen LogP contribution is -2.05. The maximum Gasteiger partial charge on any atom is 0.330 e. The topological polar surface area (TPSA) is 52.3 Å². The summed E-state index contributed by atoms with van der Waals surface area (Å²) in [5.41, 5.74) is 6.31. The van der Waals surface area contributed by atoms with Crippen LogP contribution in [0.5, 0.6) is 0 Å². The van der Waals surface area contributed by atoms with Gasteiger partial charge in [0.25, 0.3) is 0 Å². The van der Waals surface area contributed by atoms with E-state index in [1.807, 2.05) is 30.3 Å². The summed E-state index contributed by atoms with van der Waals surface area (Å²) in [6.07, 6.45) is 4.89. The lowest BCUT2D eigenvalue weighted by molar-refractivity contribution is -0.137. The zero-order valence-electron chi connectivity index (χ0n) is 9.26. The Morgan fingerprint density at radius 1 is 1.25 bits per heavy atom. The highest BCUT2D eigenvalue weighted by Gasteiger charge is 1.95. The third kappa shape index (κ3) is 5.32. The Morgan fingerprint density at radius 3 is 2.69 bits per heavy atom. The van der Waals surface area contributed by atoms with Gasteiger partial charge in [-0.05, 0) is 31.0 Å². The Bertz CT molecular complexity index is 333. The van der Waals surface area contributed by atoms with Crippen LogP contribution in [0, 0.1) is 0 Å². The molecule has 0 atom stereocenters. The molecule has 0 bridgehead atoms. The summed E-state index contributed by atoms with van der Waals surface area (Å²) in [4.78, 5) is 11.2. The summed E-state index contributed by atoms with van der Waals surface area (Å²) < 4.78 is 4.98. The molecule has 86 valence electrons. The molecular weight excluding hydrogens is 202 g/mol. The molecule has 1 rings (SSSR count). The van der Waals surface area contributed by atoms with E-state index in [0.29, 0.717) is 13.2 Å². The van der Waals surface area contributed by atoms with Gasteiger partial charge >= 0.3 is 5.97 Å². The van der Waals surface area contributed by atoms with Crippen molar-refractivity contribution < 1.29 is 9.53 Å². The van der Waals surface area contributed by atoms with Crippen molar-refractivity contribution in [3.63, 3.8) is 0 Å².